The number of hydrogen-bond acceptors (Lipinski definition) is 5. The van der Waals surface area contributed by atoms with Crippen molar-refractivity contribution in [2.24, 2.45) is 0 Å². The summed E-state index contributed by atoms with van der Waals surface area (Å²) in [6, 6.07) is 14.7. The third-order valence-corrected chi connectivity index (χ3v) is 5.41. The van der Waals surface area contributed by atoms with Crippen LogP contribution < -0.4 is 20.2 Å². The predicted octanol–water partition coefficient (Wildman–Crippen LogP) is 4.33. The maximum Gasteiger partial charge on any atom is 0.244 e. The summed E-state index contributed by atoms with van der Waals surface area (Å²) >= 11 is 1.44. The number of nitrogens with zero attached hydrogens (tertiary/aromatic N) is 1. The molecule has 0 saturated carbocycles. The van der Waals surface area contributed by atoms with Crippen LogP contribution in [0.1, 0.15) is 12.6 Å². The van der Waals surface area contributed by atoms with Gasteiger partial charge in [-0.2, -0.15) is 0 Å². The molecular weight excluding hydrogens is 419 g/mol. The molecule has 0 atom stereocenters. The number of pyridine rings is 1. The van der Waals surface area contributed by atoms with Crippen molar-refractivity contribution in [3.8, 4) is 11.5 Å². The smallest absolute Gasteiger partial charge is 0.244 e. The molecule has 0 aliphatic rings. The number of carbonyl (C=O) groups excluding carboxylic acids is 1. The minimum atomic E-state index is -0.309. The molecule has 0 fully saturated rings. The van der Waals surface area contributed by atoms with E-state index >= 15 is 0 Å². The van der Waals surface area contributed by atoms with Gasteiger partial charge in [-0.05, 0) is 55.5 Å². The van der Waals surface area contributed by atoms with Crippen LogP contribution >= 0.6 is 11.8 Å². The molecule has 0 bridgehead atoms. The first-order chi connectivity index (χ1) is 15.0. The second-order valence-corrected chi connectivity index (χ2v) is 7.62. The van der Waals surface area contributed by atoms with Gasteiger partial charge in [0.05, 0.1) is 19.9 Å². The SMILES string of the molecule is CCOc1ccc(NC(=O)Cn2cc(OC)c(=O)cc2CSc2ccc(F)cc2)cc1. The molecule has 6 nitrogen and oxygen atoms in total. The third kappa shape index (κ3) is 6.36. The minimum absolute atomic E-state index is 0.00314. The number of ether oxygens (including phenoxy) is 2. The number of rotatable bonds is 9. The number of nitrogens with one attached hydrogen (secondary N) is 1. The van der Waals surface area contributed by atoms with Gasteiger partial charge in [0.15, 0.2) is 5.75 Å². The molecule has 31 heavy (non-hydrogen) atoms. The second-order valence-electron chi connectivity index (χ2n) is 6.57. The molecule has 8 heteroatoms. The molecule has 162 valence electrons. The lowest BCUT2D eigenvalue weighted by Crippen LogP contribution is -2.22. The van der Waals surface area contributed by atoms with Crippen LogP contribution in [-0.4, -0.2) is 24.2 Å². The second kappa shape index (κ2) is 10.7. The van der Waals surface area contributed by atoms with Gasteiger partial charge in [0, 0.05) is 28.1 Å². The van der Waals surface area contributed by atoms with E-state index in [1.807, 2.05) is 6.92 Å². The van der Waals surface area contributed by atoms with Crippen LogP contribution in [0.15, 0.2) is 70.5 Å². The van der Waals surface area contributed by atoms with Gasteiger partial charge in [-0.25, -0.2) is 4.39 Å². The summed E-state index contributed by atoms with van der Waals surface area (Å²) in [7, 11) is 1.41. The first kappa shape index (κ1) is 22.4. The molecule has 0 radical (unpaired) electrons. The molecule has 3 aromatic rings. The van der Waals surface area contributed by atoms with E-state index in [0.717, 1.165) is 10.6 Å². The molecule has 1 aromatic heterocycles. The van der Waals surface area contributed by atoms with Gasteiger partial charge >= 0.3 is 0 Å². The zero-order valence-electron chi connectivity index (χ0n) is 17.3. The Morgan fingerprint density at radius 3 is 2.48 bits per heavy atom. The molecule has 2 aromatic carbocycles. The van der Waals surface area contributed by atoms with E-state index in [1.165, 1.54) is 43.3 Å². The summed E-state index contributed by atoms with van der Waals surface area (Å²) in [5.74, 6) is 0.760. The summed E-state index contributed by atoms with van der Waals surface area (Å²) in [4.78, 5) is 25.7. The van der Waals surface area contributed by atoms with Crippen molar-refractivity contribution in [2.75, 3.05) is 19.0 Å². The Morgan fingerprint density at radius 2 is 1.84 bits per heavy atom. The molecule has 1 amide bonds. The van der Waals surface area contributed by atoms with Crippen LogP contribution in [0.4, 0.5) is 10.1 Å². The average Bonchev–Trinajstić information content (AvgIpc) is 2.76. The van der Waals surface area contributed by atoms with Crippen LogP contribution in [0.25, 0.3) is 0 Å². The predicted molar refractivity (Wildman–Crippen MR) is 119 cm³/mol. The highest BCUT2D eigenvalue weighted by molar-refractivity contribution is 7.98. The van der Waals surface area contributed by atoms with Gasteiger partial charge in [0.25, 0.3) is 0 Å². The molecule has 0 saturated heterocycles. The lowest BCUT2D eigenvalue weighted by molar-refractivity contribution is -0.116. The van der Waals surface area contributed by atoms with Crippen molar-refractivity contribution in [3.05, 3.63) is 82.5 Å². The Bertz CT molecular complexity index is 1080. The number of methoxy groups -OCH3 is 1. The summed E-state index contributed by atoms with van der Waals surface area (Å²) in [5.41, 5.74) is 1.03. The van der Waals surface area contributed by atoms with Gasteiger partial charge in [0.2, 0.25) is 11.3 Å². The summed E-state index contributed by atoms with van der Waals surface area (Å²) in [5, 5.41) is 2.84. The Hall–Kier alpha value is -3.26. The topological polar surface area (TPSA) is 69.6 Å². The number of hydrogen-bond donors (Lipinski definition) is 1. The van der Waals surface area contributed by atoms with E-state index in [-0.39, 0.29) is 29.4 Å². The van der Waals surface area contributed by atoms with Crippen LogP contribution in [0.5, 0.6) is 11.5 Å². The van der Waals surface area contributed by atoms with Crippen molar-refractivity contribution < 1.29 is 18.7 Å². The fourth-order valence-electron chi connectivity index (χ4n) is 2.86. The van der Waals surface area contributed by atoms with Crippen molar-refractivity contribution in [3.63, 3.8) is 0 Å². The molecule has 0 aliphatic carbocycles. The number of carbonyl (C=O) groups is 1. The lowest BCUT2D eigenvalue weighted by atomic mass is 10.3. The molecule has 0 unspecified atom stereocenters. The third-order valence-electron chi connectivity index (χ3n) is 4.37. The Kier molecular flexibility index (Phi) is 7.72. The maximum absolute atomic E-state index is 13.1. The van der Waals surface area contributed by atoms with E-state index in [2.05, 4.69) is 5.32 Å². The summed E-state index contributed by atoms with van der Waals surface area (Å²) in [6.07, 6.45) is 1.53. The Morgan fingerprint density at radius 1 is 1.13 bits per heavy atom. The fourth-order valence-corrected chi connectivity index (χ4v) is 3.76. The van der Waals surface area contributed by atoms with Crippen molar-refractivity contribution in [1.29, 1.82) is 0 Å². The van der Waals surface area contributed by atoms with E-state index in [4.69, 9.17) is 9.47 Å². The highest BCUT2D eigenvalue weighted by Crippen LogP contribution is 2.23. The van der Waals surface area contributed by atoms with Gasteiger partial charge in [-0.3, -0.25) is 9.59 Å². The van der Waals surface area contributed by atoms with E-state index < -0.39 is 0 Å². The maximum atomic E-state index is 13.1. The molecule has 1 N–H and O–H groups in total. The van der Waals surface area contributed by atoms with Crippen LogP contribution in [0.2, 0.25) is 0 Å². The Balaban J connectivity index is 1.73. The van der Waals surface area contributed by atoms with Crippen LogP contribution in [0.3, 0.4) is 0 Å². The van der Waals surface area contributed by atoms with Crippen molar-refractivity contribution in [2.45, 2.75) is 24.1 Å². The number of anilines is 1. The molecule has 3 rings (SSSR count). The van der Waals surface area contributed by atoms with Crippen LogP contribution in [0, 0.1) is 5.82 Å². The quantitative estimate of drug-likeness (QED) is 0.500. The highest BCUT2D eigenvalue weighted by Gasteiger charge is 2.12. The number of aromatic nitrogens is 1. The summed E-state index contributed by atoms with van der Waals surface area (Å²) < 4.78 is 25.3. The van der Waals surface area contributed by atoms with E-state index in [1.54, 1.807) is 41.0 Å². The zero-order chi connectivity index (χ0) is 22.2. The van der Waals surface area contributed by atoms with E-state index in [9.17, 15) is 14.0 Å². The number of benzene rings is 2. The normalized spacial score (nSPS) is 10.5. The lowest BCUT2D eigenvalue weighted by Gasteiger charge is -2.15. The Labute approximate surface area is 184 Å². The highest BCUT2D eigenvalue weighted by atomic mass is 32.2. The largest absolute Gasteiger partial charge is 0.494 e. The van der Waals surface area contributed by atoms with Crippen LogP contribution in [-0.2, 0) is 17.1 Å². The molecule has 0 spiro atoms. The standard InChI is InChI=1S/C23H23FN2O4S/c1-3-30-19-8-6-17(7-9-19)25-23(28)14-26-13-22(29-2)21(27)12-18(26)15-31-20-10-4-16(24)5-11-20/h4-13H,3,14-15H2,1-2H3,(H,25,28). The number of halogens is 1. The molecule has 1 heterocycles. The molecular formula is C23H23FN2O4S. The van der Waals surface area contributed by atoms with Gasteiger partial charge in [-0.1, -0.05) is 0 Å². The minimum Gasteiger partial charge on any atom is -0.494 e. The number of thioether (sulfide) groups is 1. The van der Waals surface area contributed by atoms with Crippen molar-refractivity contribution >= 4 is 23.4 Å². The molecule has 0 aliphatic heterocycles. The monoisotopic (exact) mass is 442 g/mol. The van der Waals surface area contributed by atoms with Gasteiger partial charge in [0.1, 0.15) is 18.1 Å². The first-order valence-corrected chi connectivity index (χ1v) is 10.7. The zero-order valence-corrected chi connectivity index (χ0v) is 18.1. The van der Waals surface area contributed by atoms with Gasteiger partial charge in [-0.15, -0.1) is 11.8 Å². The number of amides is 1. The van der Waals surface area contributed by atoms with Crippen molar-refractivity contribution in [1.82, 2.24) is 4.57 Å². The van der Waals surface area contributed by atoms with Gasteiger partial charge < -0.3 is 19.4 Å². The summed E-state index contributed by atoms with van der Waals surface area (Å²) in [6.45, 7) is 2.47. The average molecular weight is 443 g/mol. The first-order valence-electron chi connectivity index (χ1n) is 9.67. The van der Waals surface area contributed by atoms with E-state index in [0.29, 0.717) is 23.7 Å². The fraction of sp³-hybridized carbons (Fsp3) is 0.217.